The molecule has 0 aliphatic rings. The first-order chi connectivity index (χ1) is 24.3. The third-order valence-corrected chi connectivity index (χ3v) is 10.3. The summed E-state index contributed by atoms with van der Waals surface area (Å²) in [5, 5.41) is 9.73. The molecule has 0 unspecified atom stereocenters. The van der Waals surface area contributed by atoms with Gasteiger partial charge in [-0.2, -0.15) is 0 Å². The van der Waals surface area contributed by atoms with Gasteiger partial charge in [0.25, 0.3) is 0 Å². The predicted octanol–water partition coefficient (Wildman–Crippen LogP) is 12.6. The van der Waals surface area contributed by atoms with Crippen LogP contribution in [0, 0.1) is 0 Å². The molecule has 3 heteroatoms. The predicted molar refractivity (Wildman–Crippen MR) is 205 cm³/mol. The highest BCUT2D eigenvalue weighted by molar-refractivity contribution is 6.16. The number of benzene rings is 8. The van der Waals surface area contributed by atoms with E-state index in [9.17, 15) is 0 Å². The zero-order valence-corrected chi connectivity index (χ0v) is 26.5. The van der Waals surface area contributed by atoms with Gasteiger partial charge in [-0.05, 0) is 101 Å². The van der Waals surface area contributed by atoms with Gasteiger partial charge in [0.1, 0.15) is 11.2 Å². The first-order valence-corrected chi connectivity index (χ1v) is 16.8. The summed E-state index contributed by atoms with van der Waals surface area (Å²) < 4.78 is 11.0. The lowest BCUT2D eigenvalue weighted by Crippen LogP contribution is -1.94. The lowest BCUT2D eigenvalue weighted by atomic mass is 10.00. The second-order valence-corrected chi connectivity index (χ2v) is 13.0. The Balaban J connectivity index is 1.16. The van der Waals surface area contributed by atoms with Gasteiger partial charge >= 0.3 is 0 Å². The van der Waals surface area contributed by atoms with Gasteiger partial charge in [0, 0.05) is 43.7 Å². The molecule has 8 aromatic carbocycles. The zero-order chi connectivity index (χ0) is 32.1. The number of furan rings is 1. The smallest absolute Gasteiger partial charge is 0.135 e. The molecule has 228 valence electrons. The first kappa shape index (κ1) is 26.5. The fourth-order valence-corrected chi connectivity index (χ4v) is 8.02. The summed E-state index contributed by atoms with van der Waals surface area (Å²) in [6.07, 6.45) is 0. The van der Waals surface area contributed by atoms with Crippen LogP contribution in [0.2, 0.25) is 0 Å². The summed E-state index contributed by atoms with van der Waals surface area (Å²) in [5.41, 5.74) is 11.3. The van der Waals surface area contributed by atoms with Crippen molar-refractivity contribution in [1.82, 2.24) is 9.13 Å². The van der Waals surface area contributed by atoms with Crippen molar-refractivity contribution in [3.05, 3.63) is 170 Å². The van der Waals surface area contributed by atoms with E-state index in [0.717, 1.165) is 27.6 Å². The van der Waals surface area contributed by atoms with Gasteiger partial charge in [0.2, 0.25) is 0 Å². The van der Waals surface area contributed by atoms with Crippen LogP contribution < -0.4 is 0 Å². The Hall–Kier alpha value is -6.58. The van der Waals surface area contributed by atoms with Crippen LogP contribution in [0.4, 0.5) is 0 Å². The molecule has 0 saturated carbocycles. The zero-order valence-electron chi connectivity index (χ0n) is 26.5. The van der Waals surface area contributed by atoms with Crippen molar-refractivity contribution in [1.29, 1.82) is 0 Å². The van der Waals surface area contributed by atoms with Gasteiger partial charge in [-0.15, -0.1) is 0 Å². The molecule has 11 rings (SSSR count). The first-order valence-electron chi connectivity index (χ1n) is 16.8. The van der Waals surface area contributed by atoms with Crippen LogP contribution in [0.1, 0.15) is 0 Å². The molecule has 0 N–H and O–H groups in total. The highest BCUT2D eigenvalue weighted by atomic mass is 16.3. The van der Waals surface area contributed by atoms with E-state index in [-0.39, 0.29) is 0 Å². The molecule has 11 aromatic rings. The van der Waals surface area contributed by atoms with Crippen LogP contribution in [0.15, 0.2) is 174 Å². The van der Waals surface area contributed by atoms with Gasteiger partial charge < -0.3 is 13.6 Å². The molecule has 0 aliphatic heterocycles. The second kappa shape index (κ2) is 9.96. The van der Waals surface area contributed by atoms with E-state index in [1.54, 1.807) is 0 Å². The molecule has 49 heavy (non-hydrogen) atoms. The monoisotopic (exact) mass is 624 g/mol. The van der Waals surface area contributed by atoms with Crippen molar-refractivity contribution >= 4 is 76.3 Å². The van der Waals surface area contributed by atoms with Crippen molar-refractivity contribution in [2.75, 3.05) is 0 Å². The lowest BCUT2D eigenvalue weighted by Gasteiger charge is -2.10. The Morgan fingerprint density at radius 2 is 0.878 bits per heavy atom. The fourth-order valence-electron chi connectivity index (χ4n) is 8.02. The third kappa shape index (κ3) is 3.84. The maximum Gasteiger partial charge on any atom is 0.135 e. The maximum absolute atomic E-state index is 6.20. The Kier molecular flexibility index (Phi) is 5.38. The Morgan fingerprint density at radius 1 is 0.306 bits per heavy atom. The fraction of sp³-hybridized carbons (Fsp3) is 0. The number of para-hydroxylation sites is 3. The molecule has 0 radical (unpaired) electrons. The van der Waals surface area contributed by atoms with Crippen LogP contribution in [0.3, 0.4) is 0 Å². The standard InChI is InChI=1S/C46H28N2O/c1-2-12-33(13-3-1)47-41-16-8-6-14-35(41)37-25-31(18-21-42(37)47)32-19-22-43-38(26-32)39-24-29-10-4-5-11-30(29)27-44(39)48(43)34-20-23-46-40(28-34)36-15-7-9-17-45(36)49-46/h1-28H. The summed E-state index contributed by atoms with van der Waals surface area (Å²) in [5.74, 6) is 0. The van der Waals surface area contributed by atoms with E-state index >= 15 is 0 Å². The highest BCUT2D eigenvalue weighted by Crippen LogP contribution is 2.40. The van der Waals surface area contributed by atoms with Gasteiger partial charge in [-0.25, -0.2) is 0 Å². The number of hydrogen-bond donors (Lipinski definition) is 0. The number of rotatable bonds is 3. The number of aromatic nitrogens is 2. The number of fused-ring (bicyclic) bond motifs is 10. The van der Waals surface area contributed by atoms with Gasteiger partial charge in [0.15, 0.2) is 0 Å². The van der Waals surface area contributed by atoms with Gasteiger partial charge in [-0.1, -0.05) is 91.0 Å². The Morgan fingerprint density at radius 3 is 1.67 bits per heavy atom. The molecule has 0 bridgehead atoms. The summed E-state index contributed by atoms with van der Waals surface area (Å²) in [4.78, 5) is 0. The van der Waals surface area contributed by atoms with Crippen LogP contribution in [0.25, 0.3) is 98.8 Å². The highest BCUT2D eigenvalue weighted by Gasteiger charge is 2.18. The normalized spacial score (nSPS) is 12.1. The SMILES string of the molecule is c1ccc(-n2c3ccccc3c3cc(-c4ccc5c(c4)c4cc6ccccc6cc4n5-c4ccc5oc6ccccc6c5c4)ccc32)cc1. The Labute approximate surface area is 281 Å². The lowest BCUT2D eigenvalue weighted by molar-refractivity contribution is 0.669. The third-order valence-electron chi connectivity index (χ3n) is 10.3. The molecular formula is C46H28N2O. The van der Waals surface area contributed by atoms with E-state index in [1.807, 2.05) is 12.1 Å². The minimum atomic E-state index is 0.905. The van der Waals surface area contributed by atoms with Crippen molar-refractivity contribution < 1.29 is 4.42 Å². The molecule has 3 aromatic heterocycles. The van der Waals surface area contributed by atoms with Crippen LogP contribution >= 0.6 is 0 Å². The summed E-state index contributed by atoms with van der Waals surface area (Å²) in [7, 11) is 0. The minimum absolute atomic E-state index is 0.905. The van der Waals surface area contributed by atoms with Gasteiger partial charge in [-0.3, -0.25) is 0 Å². The molecule has 0 saturated heterocycles. The van der Waals surface area contributed by atoms with Crippen molar-refractivity contribution in [2.24, 2.45) is 0 Å². The maximum atomic E-state index is 6.20. The average Bonchev–Trinajstić information content (AvgIpc) is 3.81. The van der Waals surface area contributed by atoms with Gasteiger partial charge in [0.05, 0.1) is 22.1 Å². The molecule has 0 atom stereocenters. The Bertz CT molecular complexity index is 3100. The largest absolute Gasteiger partial charge is 0.456 e. The molecule has 3 heterocycles. The van der Waals surface area contributed by atoms with Crippen molar-refractivity contribution in [2.45, 2.75) is 0 Å². The van der Waals surface area contributed by atoms with E-state index in [2.05, 4.69) is 167 Å². The second-order valence-electron chi connectivity index (χ2n) is 13.0. The van der Waals surface area contributed by atoms with E-state index in [4.69, 9.17) is 4.42 Å². The summed E-state index contributed by atoms with van der Waals surface area (Å²) in [6.45, 7) is 0. The number of hydrogen-bond acceptors (Lipinski definition) is 1. The molecule has 0 spiro atoms. The van der Waals surface area contributed by atoms with Crippen LogP contribution in [-0.4, -0.2) is 9.13 Å². The van der Waals surface area contributed by atoms with E-state index < -0.39 is 0 Å². The quantitative estimate of drug-likeness (QED) is 0.192. The number of nitrogens with zero attached hydrogens (tertiary/aromatic N) is 2. The summed E-state index contributed by atoms with van der Waals surface area (Å²) >= 11 is 0. The van der Waals surface area contributed by atoms with Crippen LogP contribution in [0.5, 0.6) is 0 Å². The average molecular weight is 625 g/mol. The molecule has 0 aliphatic carbocycles. The summed E-state index contributed by atoms with van der Waals surface area (Å²) in [6, 6.07) is 61.5. The van der Waals surface area contributed by atoms with Crippen LogP contribution in [-0.2, 0) is 0 Å². The minimum Gasteiger partial charge on any atom is -0.456 e. The molecule has 3 nitrogen and oxygen atoms in total. The molecular weight excluding hydrogens is 597 g/mol. The van der Waals surface area contributed by atoms with E-state index in [0.29, 0.717) is 0 Å². The molecule has 0 amide bonds. The van der Waals surface area contributed by atoms with E-state index in [1.165, 1.54) is 71.2 Å². The van der Waals surface area contributed by atoms with Crippen molar-refractivity contribution in [3.63, 3.8) is 0 Å². The molecule has 0 fully saturated rings. The topological polar surface area (TPSA) is 23.0 Å². The van der Waals surface area contributed by atoms with Crippen molar-refractivity contribution in [3.8, 4) is 22.5 Å².